The van der Waals surface area contributed by atoms with Crippen LogP contribution in [-0.2, 0) is 0 Å². The van der Waals surface area contributed by atoms with Crippen molar-refractivity contribution >= 4 is 49.5 Å². The van der Waals surface area contributed by atoms with Crippen molar-refractivity contribution in [2.24, 2.45) is 0 Å². The minimum absolute atomic E-state index is 0.246. The minimum Gasteiger partial charge on any atom is -0.465 e. The molecule has 0 saturated heterocycles. The Morgan fingerprint density at radius 2 is 1.39 bits per heavy atom. The average molecular weight is 516 g/mol. The Hall–Kier alpha value is -2.06. The van der Waals surface area contributed by atoms with Crippen LogP contribution in [0.1, 0.15) is 24.2 Å². The Bertz CT molecular complexity index is 731. The molecule has 2 rings (SSSR count). The van der Waals surface area contributed by atoms with Crippen molar-refractivity contribution in [3.05, 3.63) is 54.1 Å². The molecule has 28 heavy (non-hydrogen) atoms. The molecule has 0 heterocycles. The van der Waals surface area contributed by atoms with Crippen molar-refractivity contribution in [1.29, 1.82) is 0 Å². The maximum atomic E-state index is 11.6. The number of ether oxygens (including phenoxy) is 1. The second-order valence-corrected chi connectivity index (χ2v) is 6.83. The molecule has 0 aliphatic heterocycles. The normalized spacial score (nSPS) is 9.71. The van der Waals surface area contributed by atoms with Crippen molar-refractivity contribution in [3.63, 3.8) is 0 Å². The molecule has 0 atom stereocenters. The van der Waals surface area contributed by atoms with Gasteiger partial charge in [-0.3, -0.25) is 10.1 Å². The van der Waals surface area contributed by atoms with E-state index >= 15 is 0 Å². The number of carbonyl (C=O) groups is 2. The molecule has 0 unspecified atom stereocenters. The van der Waals surface area contributed by atoms with Gasteiger partial charge in [-0.1, -0.05) is 45.7 Å². The fraction of sp³-hybridized carbons (Fsp3) is 0.300. The van der Waals surface area contributed by atoms with Gasteiger partial charge in [0.25, 0.3) is 5.91 Å². The predicted octanol–water partition coefficient (Wildman–Crippen LogP) is 5.51. The second kappa shape index (κ2) is 13.2. The zero-order valence-corrected chi connectivity index (χ0v) is 19.0. The summed E-state index contributed by atoms with van der Waals surface area (Å²) in [5, 5.41) is 12.1. The third-order valence-electron chi connectivity index (χ3n) is 3.48. The Morgan fingerprint density at radius 1 is 0.929 bits per heavy atom. The summed E-state index contributed by atoms with van der Waals surface area (Å²) in [6.07, 6.45) is -1.38. The quantitative estimate of drug-likeness (QED) is 0.453. The largest absolute Gasteiger partial charge is 0.465 e. The van der Waals surface area contributed by atoms with Crippen LogP contribution in [0.5, 0.6) is 11.5 Å². The molecular formula is C20H24Br2N2O4. The van der Waals surface area contributed by atoms with E-state index in [1.165, 1.54) is 12.1 Å². The van der Waals surface area contributed by atoms with Gasteiger partial charge in [-0.05, 0) is 48.5 Å². The van der Waals surface area contributed by atoms with E-state index < -0.39 is 12.0 Å². The van der Waals surface area contributed by atoms with Gasteiger partial charge in [0.2, 0.25) is 0 Å². The van der Waals surface area contributed by atoms with Gasteiger partial charge in [0, 0.05) is 35.0 Å². The third kappa shape index (κ3) is 7.90. The Morgan fingerprint density at radius 3 is 1.82 bits per heavy atom. The van der Waals surface area contributed by atoms with E-state index in [0.717, 1.165) is 29.4 Å². The molecular weight excluding hydrogens is 492 g/mol. The maximum absolute atomic E-state index is 11.6. The number of carboxylic acid groups (broad SMARTS) is 1. The molecule has 8 heteroatoms. The fourth-order valence-corrected chi connectivity index (χ4v) is 3.13. The summed E-state index contributed by atoms with van der Waals surface area (Å²) < 4.78 is 5.76. The molecule has 6 nitrogen and oxygen atoms in total. The van der Waals surface area contributed by atoms with Crippen molar-refractivity contribution < 1.29 is 19.4 Å². The molecule has 0 fully saturated rings. The highest BCUT2D eigenvalue weighted by Crippen LogP contribution is 2.25. The molecule has 2 amide bonds. The smallest absolute Gasteiger partial charge is 0.411 e. The number of nitrogens with zero attached hydrogens (tertiary/aromatic N) is 1. The van der Waals surface area contributed by atoms with Crippen LogP contribution in [-0.4, -0.2) is 40.9 Å². The van der Waals surface area contributed by atoms with Crippen LogP contribution < -0.4 is 15.0 Å². The molecule has 2 aromatic carbocycles. The number of hydrogen-bond acceptors (Lipinski definition) is 4. The predicted molar refractivity (Wildman–Crippen MR) is 120 cm³/mol. The van der Waals surface area contributed by atoms with E-state index in [9.17, 15) is 9.59 Å². The summed E-state index contributed by atoms with van der Waals surface area (Å²) in [6, 6.07) is 14.0. The van der Waals surface area contributed by atoms with Crippen LogP contribution in [0.4, 0.5) is 10.5 Å². The number of hydrogen-bond donors (Lipinski definition) is 2. The van der Waals surface area contributed by atoms with E-state index in [-0.39, 0.29) is 5.56 Å². The highest BCUT2D eigenvalue weighted by molar-refractivity contribution is 9.09. The molecule has 0 aromatic heterocycles. The first-order valence-corrected chi connectivity index (χ1v) is 11.1. The molecule has 2 N–H and O–H groups in total. The van der Waals surface area contributed by atoms with Gasteiger partial charge < -0.3 is 14.7 Å². The number of anilines is 1. The molecule has 0 bridgehead atoms. The lowest BCUT2D eigenvalue weighted by Gasteiger charge is -2.23. The standard InChI is InChI=1S/C18H18Br2N2O4.C2H6/c19-9-11-22(12-10-20)14-3-7-16(8-4-14)26-15-5-1-13(2-6-15)17(23)21-18(24)25;1-2/h1-8H,9-12H2,(H,21,23)(H,24,25);1-2H3. The van der Waals surface area contributed by atoms with Crippen LogP contribution >= 0.6 is 31.9 Å². The van der Waals surface area contributed by atoms with Gasteiger partial charge in [0.15, 0.2) is 0 Å². The lowest BCUT2D eigenvalue weighted by Crippen LogP contribution is -2.28. The van der Waals surface area contributed by atoms with Gasteiger partial charge in [-0.2, -0.15) is 0 Å². The minimum atomic E-state index is -1.38. The molecule has 0 spiro atoms. The van der Waals surface area contributed by atoms with Crippen molar-refractivity contribution in [2.75, 3.05) is 28.6 Å². The molecule has 0 saturated carbocycles. The highest BCUT2D eigenvalue weighted by Gasteiger charge is 2.09. The van der Waals surface area contributed by atoms with Crippen LogP contribution in [0.25, 0.3) is 0 Å². The summed E-state index contributed by atoms with van der Waals surface area (Å²) in [7, 11) is 0. The van der Waals surface area contributed by atoms with Gasteiger partial charge >= 0.3 is 6.09 Å². The second-order valence-electron chi connectivity index (χ2n) is 5.24. The van der Waals surface area contributed by atoms with Crippen LogP contribution in [0.3, 0.4) is 0 Å². The SMILES string of the molecule is CC.O=C(O)NC(=O)c1ccc(Oc2ccc(N(CCBr)CCBr)cc2)cc1. The Labute approximate surface area is 182 Å². The number of carbonyl (C=O) groups excluding carboxylic acids is 1. The van der Waals surface area contributed by atoms with E-state index in [0.29, 0.717) is 11.5 Å². The first-order chi connectivity index (χ1) is 13.5. The molecule has 2 aromatic rings. The van der Waals surface area contributed by atoms with Crippen LogP contribution in [0.2, 0.25) is 0 Å². The summed E-state index contributed by atoms with van der Waals surface area (Å²) >= 11 is 6.92. The van der Waals surface area contributed by atoms with Gasteiger partial charge in [0.05, 0.1) is 0 Å². The van der Waals surface area contributed by atoms with Crippen molar-refractivity contribution in [3.8, 4) is 11.5 Å². The summed E-state index contributed by atoms with van der Waals surface area (Å²) in [4.78, 5) is 24.3. The molecule has 0 aliphatic carbocycles. The topological polar surface area (TPSA) is 78.9 Å². The Kier molecular flexibility index (Phi) is 11.3. The number of halogens is 2. The summed E-state index contributed by atoms with van der Waals surface area (Å²) in [6.45, 7) is 5.82. The van der Waals surface area contributed by atoms with E-state index in [4.69, 9.17) is 9.84 Å². The molecule has 0 aliphatic rings. The monoisotopic (exact) mass is 514 g/mol. The van der Waals surface area contributed by atoms with Gasteiger partial charge in [-0.15, -0.1) is 0 Å². The summed E-state index contributed by atoms with van der Waals surface area (Å²) in [5.74, 6) is 0.559. The lowest BCUT2D eigenvalue weighted by molar-refractivity contribution is 0.0948. The van der Waals surface area contributed by atoms with Crippen molar-refractivity contribution in [1.82, 2.24) is 5.32 Å². The number of nitrogens with one attached hydrogen (secondary N) is 1. The first-order valence-electron chi connectivity index (χ1n) is 8.82. The molecule has 0 radical (unpaired) electrons. The summed E-state index contributed by atoms with van der Waals surface area (Å²) in [5.41, 5.74) is 1.35. The zero-order chi connectivity index (χ0) is 20.9. The van der Waals surface area contributed by atoms with E-state index in [2.05, 4.69) is 36.8 Å². The van der Waals surface area contributed by atoms with Crippen LogP contribution in [0, 0.1) is 0 Å². The number of benzene rings is 2. The highest BCUT2D eigenvalue weighted by atomic mass is 79.9. The first kappa shape index (κ1) is 24.0. The maximum Gasteiger partial charge on any atom is 0.411 e. The number of amides is 2. The Balaban J connectivity index is 0.00000190. The number of imide groups is 1. The van der Waals surface area contributed by atoms with Crippen LogP contribution in [0.15, 0.2) is 48.5 Å². The fourth-order valence-electron chi connectivity index (χ4n) is 2.28. The van der Waals surface area contributed by atoms with Gasteiger partial charge in [-0.25, -0.2) is 4.79 Å². The van der Waals surface area contributed by atoms with Crippen molar-refractivity contribution in [2.45, 2.75) is 13.8 Å². The van der Waals surface area contributed by atoms with E-state index in [1.54, 1.807) is 17.4 Å². The van der Waals surface area contributed by atoms with Gasteiger partial charge in [0.1, 0.15) is 11.5 Å². The molecule has 152 valence electrons. The number of rotatable bonds is 8. The van der Waals surface area contributed by atoms with E-state index in [1.807, 2.05) is 38.1 Å². The lowest BCUT2D eigenvalue weighted by atomic mass is 10.2. The third-order valence-corrected chi connectivity index (χ3v) is 4.19. The zero-order valence-electron chi connectivity index (χ0n) is 15.8. The average Bonchev–Trinajstić information content (AvgIpc) is 2.70. The number of alkyl halides is 2.